The highest BCUT2D eigenvalue weighted by Crippen LogP contribution is 2.31. The van der Waals surface area contributed by atoms with E-state index in [9.17, 15) is 13.2 Å². The fourth-order valence-corrected chi connectivity index (χ4v) is 3.12. The molecule has 0 spiro atoms. The summed E-state index contributed by atoms with van der Waals surface area (Å²) in [6.07, 6.45) is -4.57. The Morgan fingerprint density at radius 1 is 1.16 bits per heavy atom. The number of aromatic nitrogens is 2. The molecule has 0 aliphatic carbocycles. The highest BCUT2D eigenvalue weighted by Gasteiger charge is 2.35. The number of benzene rings is 1. The van der Waals surface area contributed by atoms with Crippen LogP contribution in [0.4, 0.5) is 19.0 Å². The molecule has 1 saturated heterocycles. The van der Waals surface area contributed by atoms with Gasteiger partial charge in [-0.3, -0.25) is 0 Å². The first-order valence-electron chi connectivity index (χ1n) is 8.36. The lowest BCUT2D eigenvalue weighted by molar-refractivity contribution is -0.906. The van der Waals surface area contributed by atoms with E-state index in [2.05, 4.69) is 15.3 Å². The zero-order valence-corrected chi connectivity index (χ0v) is 14.3. The number of fused-ring (bicyclic) bond motifs is 1. The maximum atomic E-state index is 13.1. The van der Waals surface area contributed by atoms with Gasteiger partial charge in [0.15, 0.2) is 0 Å². The molecule has 0 saturated carbocycles. The van der Waals surface area contributed by atoms with Crippen molar-refractivity contribution in [2.45, 2.75) is 20.0 Å². The van der Waals surface area contributed by atoms with Gasteiger partial charge >= 0.3 is 6.18 Å². The summed E-state index contributed by atoms with van der Waals surface area (Å²) in [5, 5.41) is 3.72. The first-order valence-corrected chi connectivity index (χ1v) is 8.36. The molecule has 0 bridgehead atoms. The van der Waals surface area contributed by atoms with Crippen molar-refractivity contribution in [3.05, 3.63) is 29.1 Å². The van der Waals surface area contributed by atoms with Gasteiger partial charge in [-0.2, -0.15) is 13.2 Å². The minimum atomic E-state index is -4.57. The van der Waals surface area contributed by atoms with E-state index < -0.39 is 12.0 Å². The van der Waals surface area contributed by atoms with Gasteiger partial charge in [-0.1, -0.05) is 6.07 Å². The second-order valence-electron chi connectivity index (χ2n) is 6.41. The van der Waals surface area contributed by atoms with Gasteiger partial charge < -0.3 is 15.0 Å². The minimum Gasteiger partial charge on any atom is -0.370 e. The number of quaternary nitrogens is 1. The summed E-state index contributed by atoms with van der Waals surface area (Å²) < 4.78 is 44.8. The number of hydrogen-bond acceptors (Lipinski definition) is 4. The van der Waals surface area contributed by atoms with Crippen molar-refractivity contribution in [3.8, 4) is 0 Å². The number of rotatable bonds is 4. The highest BCUT2D eigenvalue weighted by molar-refractivity contribution is 5.91. The third kappa shape index (κ3) is 4.19. The third-order valence-corrected chi connectivity index (χ3v) is 4.36. The van der Waals surface area contributed by atoms with Crippen molar-refractivity contribution in [2.75, 3.05) is 44.7 Å². The largest absolute Gasteiger partial charge is 0.451 e. The number of alkyl halides is 3. The maximum Gasteiger partial charge on any atom is 0.451 e. The predicted molar refractivity (Wildman–Crippen MR) is 88.9 cm³/mol. The summed E-state index contributed by atoms with van der Waals surface area (Å²) in [6, 6.07) is 3.66. The summed E-state index contributed by atoms with van der Waals surface area (Å²) in [4.78, 5) is 8.88. The van der Waals surface area contributed by atoms with Gasteiger partial charge in [0, 0.05) is 5.39 Å². The van der Waals surface area contributed by atoms with Crippen molar-refractivity contribution in [1.29, 1.82) is 0 Å². The van der Waals surface area contributed by atoms with Gasteiger partial charge in [0.25, 0.3) is 0 Å². The molecule has 0 atom stereocenters. The van der Waals surface area contributed by atoms with Crippen molar-refractivity contribution >= 4 is 16.7 Å². The van der Waals surface area contributed by atoms with Crippen LogP contribution in [-0.4, -0.2) is 49.4 Å². The van der Waals surface area contributed by atoms with E-state index in [1.807, 2.05) is 19.1 Å². The van der Waals surface area contributed by atoms with E-state index in [0.29, 0.717) is 23.0 Å². The van der Waals surface area contributed by atoms with E-state index in [1.54, 1.807) is 6.92 Å². The van der Waals surface area contributed by atoms with Crippen molar-refractivity contribution < 1.29 is 22.8 Å². The van der Waals surface area contributed by atoms with Gasteiger partial charge in [0.2, 0.25) is 5.82 Å². The van der Waals surface area contributed by atoms with Gasteiger partial charge in [-0.25, -0.2) is 9.97 Å². The SMILES string of the molecule is Cc1cc(C)c2nc(C(F)(F)F)nc(NCC[NH+]3CCOCC3)c2c1. The van der Waals surface area contributed by atoms with E-state index >= 15 is 0 Å². The molecule has 1 aromatic heterocycles. The second-order valence-corrected chi connectivity index (χ2v) is 6.41. The molecular weight excluding hydrogens is 333 g/mol. The molecule has 0 amide bonds. The number of hydrogen-bond donors (Lipinski definition) is 2. The minimum absolute atomic E-state index is 0.247. The molecule has 0 unspecified atom stereocenters. The van der Waals surface area contributed by atoms with E-state index in [0.717, 1.165) is 38.4 Å². The van der Waals surface area contributed by atoms with Gasteiger partial charge in [0.1, 0.15) is 18.9 Å². The number of ether oxygens (including phenoxy) is 1. The summed E-state index contributed by atoms with van der Waals surface area (Å²) in [5.74, 6) is -0.857. The number of nitrogens with one attached hydrogen (secondary N) is 2. The van der Waals surface area contributed by atoms with Gasteiger partial charge in [0.05, 0.1) is 31.8 Å². The zero-order chi connectivity index (χ0) is 18.0. The summed E-state index contributed by atoms with van der Waals surface area (Å²) in [5.41, 5.74) is 2.02. The smallest absolute Gasteiger partial charge is 0.370 e. The fourth-order valence-electron chi connectivity index (χ4n) is 3.12. The van der Waals surface area contributed by atoms with Crippen molar-refractivity contribution in [1.82, 2.24) is 9.97 Å². The molecule has 2 aromatic rings. The molecule has 1 aliphatic rings. The quantitative estimate of drug-likeness (QED) is 0.875. The average Bonchev–Trinajstić information content (AvgIpc) is 2.55. The van der Waals surface area contributed by atoms with Crippen LogP contribution in [0.15, 0.2) is 12.1 Å². The van der Waals surface area contributed by atoms with Crippen LogP contribution in [0.3, 0.4) is 0 Å². The van der Waals surface area contributed by atoms with Gasteiger partial charge in [-0.05, 0) is 31.0 Å². The number of nitrogens with zero attached hydrogens (tertiary/aromatic N) is 2. The Labute approximate surface area is 144 Å². The number of aryl methyl sites for hydroxylation is 2. The predicted octanol–water partition coefficient (Wildman–Crippen LogP) is 1.59. The highest BCUT2D eigenvalue weighted by atomic mass is 19.4. The first kappa shape index (κ1) is 17.9. The molecule has 1 aliphatic heterocycles. The van der Waals surface area contributed by atoms with Crippen LogP contribution in [0.25, 0.3) is 10.9 Å². The molecule has 2 N–H and O–H groups in total. The standard InChI is InChI=1S/C17H21F3N4O/c1-11-9-12(2)14-13(10-11)15(23-16(22-14)17(18,19)20)21-3-4-24-5-7-25-8-6-24/h9-10H,3-8H2,1-2H3,(H,21,22,23)/p+1. The number of anilines is 1. The van der Waals surface area contributed by atoms with Crippen LogP contribution in [0.2, 0.25) is 0 Å². The molecule has 1 fully saturated rings. The van der Waals surface area contributed by atoms with Crippen molar-refractivity contribution in [3.63, 3.8) is 0 Å². The van der Waals surface area contributed by atoms with E-state index in [-0.39, 0.29) is 5.82 Å². The topological polar surface area (TPSA) is 51.5 Å². The van der Waals surface area contributed by atoms with Crippen LogP contribution >= 0.6 is 0 Å². The molecule has 136 valence electrons. The van der Waals surface area contributed by atoms with Crippen LogP contribution in [0.5, 0.6) is 0 Å². The first-order chi connectivity index (χ1) is 11.8. The molecule has 25 heavy (non-hydrogen) atoms. The Hall–Kier alpha value is -1.93. The summed E-state index contributed by atoms with van der Waals surface area (Å²) in [6.45, 7) is 8.31. The summed E-state index contributed by atoms with van der Waals surface area (Å²) in [7, 11) is 0. The Kier molecular flexibility index (Phi) is 5.10. The Balaban J connectivity index is 1.88. The van der Waals surface area contributed by atoms with Crippen LogP contribution < -0.4 is 10.2 Å². The molecule has 5 nitrogen and oxygen atoms in total. The molecule has 1 aromatic carbocycles. The number of halogens is 3. The molecule has 0 radical (unpaired) electrons. The average molecular weight is 355 g/mol. The van der Waals surface area contributed by atoms with Crippen LogP contribution in [-0.2, 0) is 10.9 Å². The second kappa shape index (κ2) is 7.13. The summed E-state index contributed by atoms with van der Waals surface area (Å²) >= 11 is 0. The zero-order valence-electron chi connectivity index (χ0n) is 14.3. The molecular formula is C17H22F3N4O+. The van der Waals surface area contributed by atoms with Gasteiger partial charge in [-0.15, -0.1) is 0 Å². The molecule has 2 heterocycles. The monoisotopic (exact) mass is 355 g/mol. The van der Waals surface area contributed by atoms with Crippen LogP contribution in [0, 0.1) is 13.8 Å². The fraction of sp³-hybridized carbons (Fsp3) is 0.529. The molecule has 8 heteroatoms. The lowest BCUT2D eigenvalue weighted by atomic mass is 10.1. The van der Waals surface area contributed by atoms with E-state index in [4.69, 9.17) is 4.74 Å². The lowest BCUT2D eigenvalue weighted by Crippen LogP contribution is -3.14. The Morgan fingerprint density at radius 3 is 2.56 bits per heavy atom. The Morgan fingerprint density at radius 2 is 1.88 bits per heavy atom. The normalized spacial score (nSPS) is 16.4. The Bertz CT molecular complexity index is 758. The maximum absolute atomic E-state index is 13.1. The lowest BCUT2D eigenvalue weighted by Gasteiger charge is -2.24. The number of morpholine rings is 1. The van der Waals surface area contributed by atoms with Crippen molar-refractivity contribution in [2.24, 2.45) is 0 Å². The van der Waals surface area contributed by atoms with E-state index in [1.165, 1.54) is 4.90 Å². The molecule has 3 rings (SSSR count). The third-order valence-electron chi connectivity index (χ3n) is 4.36. The van der Waals surface area contributed by atoms with Crippen LogP contribution in [0.1, 0.15) is 17.0 Å².